The highest BCUT2D eigenvalue weighted by Gasteiger charge is 2.20. The standard InChI is InChI=1S/C19H16FN5O/c1-12(2)25-17(26)8-7-15(22-25)18-16-11-21-9-10-24(16)23-19(18)13-5-3-4-6-14(13)20/h3-12H,1-2H3. The summed E-state index contributed by atoms with van der Waals surface area (Å²) in [6, 6.07) is 9.46. The number of hydrogen-bond donors (Lipinski definition) is 0. The van der Waals surface area contributed by atoms with Crippen LogP contribution < -0.4 is 5.56 Å². The first-order chi connectivity index (χ1) is 12.6. The average molecular weight is 349 g/mol. The smallest absolute Gasteiger partial charge is 0.267 e. The zero-order chi connectivity index (χ0) is 18.3. The summed E-state index contributed by atoms with van der Waals surface area (Å²) in [5.74, 6) is -0.373. The van der Waals surface area contributed by atoms with Crippen LogP contribution in [0, 0.1) is 5.82 Å². The summed E-state index contributed by atoms with van der Waals surface area (Å²) in [6.45, 7) is 3.77. The first-order valence-electron chi connectivity index (χ1n) is 8.24. The lowest BCUT2D eigenvalue weighted by atomic mass is 10.0. The molecule has 0 bridgehead atoms. The number of fused-ring (bicyclic) bond motifs is 1. The van der Waals surface area contributed by atoms with Crippen LogP contribution in [-0.2, 0) is 0 Å². The second kappa shape index (κ2) is 6.18. The predicted octanol–water partition coefficient (Wildman–Crippen LogP) is 3.34. The maximum absolute atomic E-state index is 14.4. The van der Waals surface area contributed by atoms with Crippen LogP contribution in [-0.4, -0.2) is 24.4 Å². The molecular weight excluding hydrogens is 333 g/mol. The van der Waals surface area contributed by atoms with E-state index in [-0.39, 0.29) is 17.4 Å². The predicted molar refractivity (Wildman–Crippen MR) is 96.3 cm³/mol. The maximum atomic E-state index is 14.4. The molecule has 6 nitrogen and oxygen atoms in total. The normalized spacial score (nSPS) is 11.4. The second-order valence-electron chi connectivity index (χ2n) is 6.20. The summed E-state index contributed by atoms with van der Waals surface area (Å²) in [5.41, 5.74) is 2.50. The fourth-order valence-corrected chi connectivity index (χ4v) is 2.92. The van der Waals surface area contributed by atoms with E-state index < -0.39 is 0 Å². The van der Waals surface area contributed by atoms with Crippen molar-refractivity contribution in [1.82, 2.24) is 24.4 Å². The Bertz CT molecular complexity index is 1160. The minimum atomic E-state index is -0.373. The molecule has 0 N–H and O–H groups in total. The van der Waals surface area contributed by atoms with Crippen molar-refractivity contribution in [3.63, 3.8) is 0 Å². The Kier molecular flexibility index (Phi) is 3.84. The van der Waals surface area contributed by atoms with Crippen LogP contribution in [0.2, 0.25) is 0 Å². The van der Waals surface area contributed by atoms with Crippen molar-refractivity contribution < 1.29 is 4.39 Å². The molecule has 130 valence electrons. The van der Waals surface area contributed by atoms with Gasteiger partial charge in [-0.25, -0.2) is 13.6 Å². The molecule has 0 aliphatic rings. The Morgan fingerprint density at radius 2 is 1.88 bits per heavy atom. The zero-order valence-corrected chi connectivity index (χ0v) is 14.3. The number of hydrogen-bond acceptors (Lipinski definition) is 4. The minimum absolute atomic E-state index is 0.0978. The van der Waals surface area contributed by atoms with Crippen molar-refractivity contribution in [1.29, 1.82) is 0 Å². The highest BCUT2D eigenvalue weighted by Crippen LogP contribution is 2.34. The van der Waals surface area contributed by atoms with Gasteiger partial charge in [0, 0.05) is 24.0 Å². The molecule has 0 aliphatic heterocycles. The van der Waals surface area contributed by atoms with E-state index in [1.54, 1.807) is 47.4 Å². The second-order valence-corrected chi connectivity index (χ2v) is 6.20. The van der Waals surface area contributed by atoms with Crippen molar-refractivity contribution in [2.45, 2.75) is 19.9 Å². The fraction of sp³-hybridized carbons (Fsp3) is 0.158. The monoisotopic (exact) mass is 349 g/mol. The average Bonchev–Trinajstić information content (AvgIpc) is 3.01. The van der Waals surface area contributed by atoms with Gasteiger partial charge in [0.1, 0.15) is 11.5 Å². The van der Waals surface area contributed by atoms with E-state index in [0.717, 1.165) is 0 Å². The molecule has 0 amide bonds. The van der Waals surface area contributed by atoms with Crippen LogP contribution in [0.15, 0.2) is 59.8 Å². The molecule has 0 saturated heterocycles. The Labute approximate surface area is 148 Å². The van der Waals surface area contributed by atoms with Gasteiger partial charge in [0.25, 0.3) is 5.56 Å². The van der Waals surface area contributed by atoms with E-state index in [2.05, 4.69) is 15.2 Å². The largest absolute Gasteiger partial charge is 0.268 e. The third-order valence-electron chi connectivity index (χ3n) is 4.14. The first kappa shape index (κ1) is 16.1. The van der Waals surface area contributed by atoms with Crippen molar-refractivity contribution in [3.8, 4) is 22.5 Å². The molecule has 3 heterocycles. The quantitative estimate of drug-likeness (QED) is 0.569. The van der Waals surface area contributed by atoms with Crippen molar-refractivity contribution in [2.24, 2.45) is 0 Å². The SMILES string of the molecule is CC(C)n1nc(-c2c(-c3ccccc3F)nn3ccncc23)ccc1=O. The molecule has 0 saturated carbocycles. The van der Waals surface area contributed by atoms with Gasteiger partial charge in [-0.1, -0.05) is 12.1 Å². The lowest BCUT2D eigenvalue weighted by Crippen LogP contribution is -2.23. The molecular formula is C19H16FN5O. The van der Waals surface area contributed by atoms with Crippen LogP contribution >= 0.6 is 0 Å². The van der Waals surface area contributed by atoms with Gasteiger partial charge in [-0.3, -0.25) is 9.78 Å². The number of nitrogens with zero attached hydrogens (tertiary/aromatic N) is 5. The summed E-state index contributed by atoms with van der Waals surface area (Å²) in [6.07, 6.45) is 4.96. The molecule has 4 rings (SSSR count). The number of benzene rings is 1. The van der Waals surface area contributed by atoms with E-state index in [1.807, 2.05) is 13.8 Å². The number of halogens is 1. The molecule has 4 aromatic rings. The van der Waals surface area contributed by atoms with Crippen molar-refractivity contribution in [2.75, 3.05) is 0 Å². The van der Waals surface area contributed by atoms with Crippen molar-refractivity contribution in [3.05, 3.63) is 71.2 Å². The topological polar surface area (TPSA) is 65.1 Å². The molecule has 0 radical (unpaired) electrons. The lowest BCUT2D eigenvalue weighted by molar-refractivity contribution is 0.505. The third-order valence-corrected chi connectivity index (χ3v) is 4.14. The summed E-state index contributed by atoms with van der Waals surface area (Å²) in [5, 5.41) is 9.01. The van der Waals surface area contributed by atoms with Crippen LogP contribution in [0.5, 0.6) is 0 Å². The molecule has 0 atom stereocenters. The molecule has 0 fully saturated rings. The van der Waals surface area contributed by atoms with E-state index in [1.165, 1.54) is 16.8 Å². The Balaban J connectivity index is 2.06. The van der Waals surface area contributed by atoms with Crippen LogP contribution in [0.3, 0.4) is 0 Å². The van der Waals surface area contributed by atoms with Gasteiger partial charge in [0.2, 0.25) is 0 Å². The van der Waals surface area contributed by atoms with Crippen LogP contribution in [0.1, 0.15) is 19.9 Å². The Morgan fingerprint density at radius 1 is 1.08 bits per heavy atom. The van der Waals surface area contributed by atoms with Crippen molar-refractivity contribution >= 4 is 5.52 Å². The highest BCUT2D eigenvalue weighted by atomic mass is 19.1. The Hall–Kier alpha value is -3.35. The lowest BCUT2D eigenvalue weighted by Gasteiger charge is -2.10. The molecule has 0 unspecified atom stereocenters. The fourth-order valence-electron chi connectivity index (χ4n) is 2.92. The van der Waals surface area contributed by atoms with Gasteiger partial charge in [-0.05, 0) is 32.0 Å². The first-order valence-corrected chi connectivity index (χ1v) is 8.24. The zero-order valence-electron chi connectivity index (χ0n) is 14.3. The Morgan fingerprint density at radius 3 is 2.65 bits per heavy atom. The van der Waals surface area contributed by atoms with Gasteiger partial charge >= 0.3 is 0 Å². The summed E-state index contributed by atoms with van der Waals surface area (Å²) in [4.78, 5) is 16.2. The van der Waals surface area contributed by atoms with Gasteiger partial charge in [0.05, 0.1) is 29.0 Å². The summed E-state index contributed by atoms with van der Waals surface area (Å²) < 4.78 is 17.5. The maximum Gasteiger partial charge on any atom is 0.267 e. The van der Waals surface area contributed by atoms with Gasteiger partial charge < -0.3 is 0 Å². The highest BCUT2D eigenvalue weighted by molar-refractivity contribution is 5.90. The molecule has 3 aromatic heterocycles. The molecule has 0 spiro atoms. The number of rotatable bonds is 3. The van der Waals surface area contributed by atoms with Crippen LogP contribution in [0.25, 0.3) is 28.0 Å². The molecule has 26 heavy (non-hydrogen) atoms. The molecule has 0 aliphatic carbocycles. The van der Waals surface area contributed by atoms with Gasteiger partial charge in [0.15, 0.2) is 0 Å². The van der Waals surface area contributed by atoms with E-state index >= 15 is 0 Å². The number of aromatic nitrogens is 5. The van der Waals surface area contributed by atoms with E-state index in [0.29, 0.717) is 28.0 Å². The summed E-state index contributed by atoms with van der Waals surface area (Å²) in [7, 11) is 0. The van der Waals surface area contributed by atoms with Gasteiger partial charge in [-0.15, -0.1) is 0 Å². The van der Waals surface area contributed by atoms with Crippen LogP contribution in [0.4, 0.5) is 4.39 Å². The summed E-state index contributed by atoms with van der Waals surface area (Å²) >= 11 is 0. The molecule has 7 heteroatoms. The third kappa shape index (κ3) is 2.57. The van der Waals surface area contributed by atoms with E-state index in [9.17, 15) is 9.18 Å². The minimum Gasteiger partial charge on any atom is -0.268 e. The van der Waals surface area contributed by atoms with Gasteiger partial charge in [-0.2, -0.15) is 10.2 Å². The van der Waals surface area contributed by atoms with E-state index in [4.69, 9.17) is 0 Å². The molecule has 1 aromatic carbocycles.